The number of nitrogens with one attached hydrogen (secondary N) is 2. The Balaban J connectivity index is 1.90. The number of hydrogen-bond acceptors (Lipinski definition) is 5. The second-order valence-electron chi connectivity index (χ2n) is 5.84. The molecule has 0 aliphatic carbocycles. The average molecular weight is 367 g/mol. The highest BCUT2D eigenvalue weighted by Crippen LogP contribution is 2.34. The van der Waals surface area contributed by atoms with E-state index < -0.39 is 6.04 Å². The third-order valence-electron chi connectivity index (χ3n) is 4.25. The zero-order chi connectivity index (χ0) is 19.2. The lowest BCUT2D eigenvalue weighted by Crippen LogP contribution is -2.30. The maximum absolute atomic E-state index is 12.8. The fourth-order valence-corrected chi connectivity index (χ4v) is 2.82. The topological polar surface area (TPSA) is 96.5 Å². The Morgan fingerprint density at radius 2 is 1.96 bits per heavy atom. The molecule has 7 heteroatoms. The van der Waals surface area contributed by atoms with E-state index in [1.54, 1.807) is 32.4 Å². The number of benzene rings is 2. The summed E-state index contributed by atoms with van der Waals surface area (Å²) >= 11 is 0. The third kappa shape index (κ3) is 3.93. The van der Waals surface area contributed by atoms with E-state index in [2.05, 4.69) is 15.5 Å². The lowest BCUT2D eigenvalue weighted by molar-refractivity contribution is 0.0917. The molecule has 1 aromatic heterocycles. The quantitative estimate of drug-likeness (QED) is 0.596. The lowest BCUT2D eigenvalue weighted by Gasteiger charge is -2.17. The maximum Gasteiger partial charge on any atom is 0.255 e. The predicted octanol–water partition coefficient (Wildman–Crippen LogP) is 2.56. The zero-order valence-corrected chi connectivity index (χ0v) is 15.1. The SMILES string of the molecule is COc1ccc(-c2[nH]ncc2C(=O)NC(CO)c2ccccc2)c(OC)c1. The van der Waals surface area contributed by atoms with Crippen LogP contribution in [-0.4, -0.2) is 42.0 Å². The van der Waals surface area contributed by atoms with Crippen LogP contribution in [0.2, 0.25) is 0 Å². The van der Waals surface area contributed by atoms with Crippen LogP contribution in [0.25, 0.3) is 11.3 Å². The van der Waals surface area contributed by atoms with Crippen molar-refractivity contribution in [2.45, 2.75) is 6.04 Å². The summed E-state index contributed by atoms with van der Waals surface area (Å²) in [5.74, 6) is 0.847. The second kappa shape index (κ2) is 8.37. The number of amides is 1. The van der Waals surface area contributed by atoms with Gasteiger partial charge in [0.1, 0.15) is 11.5 Å². The second-order valence-corrected chi connectivity index (χ2v) is 5.84. The molecule has 0 saturated carbocycles. The molecule has 0 radical (unpaired) electrons. The maximum atomic E-state index is 12.8. The van der Waals surface area contributed by atoms with Crippen LogP contribution in [0.4, 0.5) is 0 Å². The summed E-state index contributed by atoms with van der Waals surface area (Å²) in [4.78, 5) is 12.8. The highest BCUT2D eigenvalue weighted by Gasteiger charge is 2.21. The molecule has 2 aromatic carbocycles. The van der Waals surface area contributed by atoms with Crippen molar-refractivity contribution in [2.75, 3.05) is 20.8 Å². The molecule has 1 atom stereocenters. The predicted molar refractivity (Wildman–Crippen MR) is 101 cm³/mol. The molecule has 140 valence electrons. The average Bonchev–Trinajstić information content (AvgIpc) is 3.21. The van der Waals surface area contributed by atoms with Crippen molar-refractivity contribution in [3.63, 3.8) is 0 Å². The van der Waals surface area contributed by atoms with Gasteiger partial charge in [-0.2, -0.15) is 5.10 Å². The van der Waals surface area contributed by atoms with Gasteiger partial charge in [0.15, 0.2) is 0 Å². The van der Waals surface area contributed by atoms with Crippen molar-refractivity contribution in [2.24, 2.45) is 0 Å². The molecule has 1 amide bonds. The molecule has 0 aliphatic rings. The molecule has 0 aliphatic heterocycles. The van der Waals surface area contributed by atoms with Gasteiger partial charge in [-0.1, -0.05) is 30.3 Å². The molecule has 27 heavy (non-hydrogen) atoms. The van der Waals surface area contributed by atoms with Crippen LogP contribution in [0, 0.1) is 0 Å². The number of aliphatic hydroxyl groups is 1. The molecule has 3 rings (SSSR count). The number of ether oxygens (including phenoxy) is 2. The minimum Gasteiger partial charge on any atom is -0.497 e. The van der Waals surface area contributed by atoms with Crippen LogP contribution < -0.4 is 14.8 Å². The van der Waals surface area contributed by atoms with Crippen molar-refractivity contribution in [3.8, 4) is 22.8 Å². The Morgan fingerprint density at radius 1 is 1.19 bits per heavy atom. The molecule has 1 heterocycles. The molecule has 7 nitrogen and oxygen atoms in total. The van der Waals surface area contributed by atoms with Crippen molar-refractivity contribution >= 4 is 5.91 Å². The van der Waals surface area contributed by atoms with Gasteiger partial charge in [0, 0.05) is 11.6 Å². The van der Waals surface area contributed by atoms with E-state index in [1.807, 2.05) is 30.3 Å². The van der Waals surface area contributed by atoms with Crippen molar-refractivity contribution in [3.05, 3.63) is 65.9 Å². The van der Waals surface area contributed by atoms with Gasteiger partial charge >= 0.3 is 0 Å². The molecule has 3 aromatic rings. The van der Waals surface area contributed by atoms with Gasteiger partial charge in [-0.15, -0.1) is 0 Å². The summed E-state index contributed by atoms with van der Waals surface area (Å²) in [7, 11) is 3.12. The number of hydrogen-bond donors (Lipinski definition) is 3. The first-order valence-corrected chi connectivity index (χ1v) is 8.40. The largest absolute Gasteiger partial charge is 0.497 e. The van der Waals surface area contributed by atoms with Crippen LogP contribution in [0.3, 0.4) is 0 Å². The van der Waals surface area contributed by atoms with Crippen molar-refractivity contribution in [1.29, 1.82) is 0 Å². The molecule has 1 unspecified atom stereocenters. The van der Waals surface area contributed by atoms with E-state index >= 15 is 0 Å². The highest BCUT2D eigenvalue weighted by molar-refractivity contribution is 6.00. The Hall–Kier alpha value is -3.32. The number of carbonyl (C=O) groups is 1. The minimum absolute atomic E-state index is 0.213. The van der Waals surface area contributed by atoms with E-state index in [4.69, 9.17) is 9.47 Å². The third-order valence-corrected chi connectivity index (χ3v) is 4.25. The van der Waals surface area contributed by atoms with Gasteiger partial charge in [-0.3, -0.25) is 9.89 Å². The minimum atomic E-state index is -0.515. The highest BCUT2D eigenvalue weighted by atomic mass is 16.5. The smallest absolute Gasteiger partial charge is 0.255 e. The van der Waals surface area contributed by atoms with Crippen LogP contribution in [0.1, 0.15) is 22.0 Å². The summed E-state index contributed by atoms with van der Waals surface area (Å²) in [6.45, 7) is -0.213. The molecular weight excluding hydrogens is 346 g/mol. The number of methoxy groups -OCH3 is 2. The van der Waals surface area contributed by atoms with Gasteiger partial charge in [0.2, 0.25) is 0 Å². The standard InChI is InChI=1S/C20H21N3O4/c1-26-14-8-9-15(18(10-14)27-2)19-16(11-21-23-19)20(25)22-17(12-24)13-6-4-3-5-7-13/h3-11,17,24H,12H2,1-2H3,(H,21,23)(H,22,25). The number of aromatic amines is 1. The number of rotatable bonds is 7. The Kier molecular flexibility index (Phi) is 5.73. The molecular formula is C20H21N3O4. The summed E-state index contributed by atoms with van der Waals surface area (Å²) in [5.41, 5.74) is 2.38. The Bertz CT molecular complexity index is 909. The van der Waals surface area contributed by atoms with E-state index in [0.717, 1.165) is 5.56 Å². The van der Waals surface area contributed by atoms with Gasteiger partial charge in [0.25, 0.3) is 5.91 Å². The van der Waals surface area contributed by atoms with E-state index in [-0.39, 0.29) is 12.5 Å². The summed E-state index contributed by atoms with van der Waals surface area (Å²) in [6.07, 6.45) is 1.45. The normalized spacial score (nSPS) is 11.7. The molecule has 3 N–H and O–H groups in total. The number of nitrogens with zero attached hydrogens (tertiary/aromatic N) is 1. The van der Waals surface area contributed by atoms with Crippen LogP contribution in [0.15, 0.2) is 54.7 Å². The summed E-state index contributed by atoms with van der Waals surface area (Å²) in [5, 5.41) is 19.4. The molecule has 0 spiro atoms. The molecule has 0 fully saturated rings. The fourth-order valence-electron chi connectivity index (χ4n) is 2.82. The lowest BCUT2D eigenvalue weighted by atomic mass is 10.0. The van der Waals surface area contributed by atoms with Gasteiger partial charge < -0.3 is 19.9 Å². The van der Waals surface area contributed by atoms with E-state index in [9.17, 15) is 9.90 Å². The first kappa shape index (κ1) is 18.5. The molecule has 0 saturated heterocycles. The zero-order valence-electron chi connectivity index (χ0n) is 15.1. The van der Waals surface area contributed by atoms with Crippen molar-refractivity contribution in [1.82, 2.24) is 15.5 Å². The summed E-state index contributed by atoms with van der Waals surface area (Å²) < 4.78 is 10.6. The van der Waals surface area contributed by atoms with Crippen LogP contribution in [0.5, 0.6) is 11.5 Å². The van der Waals surface area contributed by atoms with Gasteiger partial charge in [-0.25, -0.2) is 0 Å². The van der Waals surface area contributed by atoms with Gasteiger partial charge in [-0.05, 0) is 17.7 Å². The van der Waals surface area contributed by atoms with Crippen LogP contribution in [-0.2, 0) is 0 Å². The number of aromatic nitrogens is 2. The fraction of sp³-hybridized carbons (Fsp3) is 0.200. The first-order valence-electron chi connectivity index (χ1n) is 8.40. The summed E-state index contributed by atoms with van der Waals surface area (Å²) in [6, 6.07) is 14.1. The Morgan fingerprint density at radius 3 is 2.63 bits per heavy atom. The number of carbonyl (C=O) groups excluding carboxylic acids is 1. The first-order chi connectivity index (χ1) is 13.2. The monoisotopic (exact) mass is 367 g/mol. The number of aliphatic hydroxyl groups excluding tert-OH is 1. The number of H-pyrrole nitrogens is 1. The van der Waals surface area contributed by atoms with Crippen molar-refractivity contribution < 1.29 is 19.4 Å². The molecule has 0 bridgehead atoms. The van der Waals surface area contributed by atoms with Crippen LogP contribution >= 0.6 is 0 Å². The van der Waals surface area contributed by atoms with E-state index in [1.165, 1.54) is 6.20 Å². The Labute approximate surface area is 157 Å². The van der Waals surface area contributed by atoms with Gasteiger partial charge in [0.05, 0.1) is 44.3 Å². The van der Waals surface area contributed by atoms with E-state index in [0.29, 0.717) is 28.3 Å².